The van der Waals surface area contributed by atoms with Gasteiger partial charge in [0.25, 0.3) is 11.6 Å². The Morgan fingerprint density at radius 1 is 1.15 bits per heavy atom. The van der Waals surface area contributed by atoms with Crippen molar-refractivity contribution in [3.8, 4) is 0 Å². The molecule has 1 heterocycles. The van der Waals surface area contributed by atoms with Crippen LogP contribution in [0.25, 0.3) is 0 Å². The molecule has 1 aliphatic heterocycles. The van der Waals surface area contributed by atoms with E-state index in [1.54, 1.807) is 4.90 Å². The average Bonchev–Trinajstić information content (AvgIpc) is 2.69. The molecule has 1 amide bonds. The monoisotopic (exact) mass is 316 g/mol. The van der Waals surface area contributed by atoms with Crippen molar-refractivity contribution in [2.24, 2.45) is 0 Å². The first kappa shape index (κ1) is 15.1. The number of nitro benzene ring substituents is 1. The molecule has 108 valence electrons. The number of likely N-dealkylation sites (tertiary alicyclic amines) is 1. The summed E-state index contributed by atoms with van der Waals surface area (Å²) in [4.78, 5) is 24.4. The first-order valence-electron chi connectivity index (χ1n) is 6.43. The second-order valence-corrected chi connectivity index (χ2v) is 5.54. The van der Waals surface area contributed by atoms with Crippen LogP contribution in [0.1, 0.15) is 36.0 Å². The summed E-state index contributed by atoms with van der Waals surface area (Å²) < 4.78 is 0. The maximum Gasteiger partial charge on any atom is 0.290 e. The zero-order valence-electron chi connectivity index (χ0n) is 10.8. The second-order valence-electron chi connectivity index (χ2n) is 4.75. The van der Waals surface area contributed by atoms with E-state index in [-0.39, 0.29) is 27.2 Å². The Morgan fingerprint density at radius 2 is 1.75 bits per heavy atom. The van der Waals surface area contributed by atoms with Crippen LogP contribution in [0.4, 0.5) is 5.69 Å². The molecule has 0 aliphatic carbocycles. The number of halogens is 2. The summed E-state index contributed by atoms with van der Waals surface area (Å²) in [6.07, 6.45) is 4.11. The molecule has 0 aromatic heterocycles. The van der Waals surface area contributed by atoms with Gasteiger partial charge in [0.15, 0.2) is 0 Å². The number of hydrogen-bond donors (Lipinski definition) is 0. The Kier molecular flexibility index (Phi) is 4.83. The van der Waals surface area contributed by atoms with Gasteiger partial charge in [-0.15, -0.1) is 0 Å². The van der Waals surface area contributed by atoms with E-state index >= 15 is 0 Å². The van der Waals surface area contributed by atoms with Crippen LogP contribution in [0, 0.1) is 10.1 Å². The van der Waals surface area contributed by atoms with Crippen LogP contribution in [-0.2, 0) is 0 Å². The molecule has 1 aromatic rings. The van der Waals surface area contributed by atoms with Crippen molar-refractivity contribution in [1.29, 1.82) is 0 Å². The van der Waals surface area contributed by atoms with Gasteiger partial charge in [0.2, 0.25) is 0 Å². The minimum absolute atomic E-state index is 0.0269. The van der Waals surface area contributed by atoms with Gasteiger partial charge < -0.3 is 4.90 Å². The van der Waals surface area contributed by atoms with Crippen molar-refractivity contribution in [1.82, 2.24) is 4.90 Å². The Balaban J connectivity index is 2.31. The van der Waals surface area contributed by atoms with Gasteiger partial charge in [-0.1, -0.05) is 36.0 Å². The molecule has 5 nitrogen and oxygen atoms in total. The zero-order valence-corrected chi connectivity index (χ0v) is 12.3. The molecule has 0 atom stereocenters. The van der Waals surface area contributed by atoms with Gasteiger partial charge in [0, 0.05) is 24.7 Å². The van der Waals surface area contributed by atoms with E-state index < -0.39 is 4.92 Å². The van der Waals surface area contributed by atoms with Crippen molar-refractivity contribution in [2.75, 3.05) is 13.1 Å². The van der Waals surface area contributed by atoms with Crippen molar-refractivity contribution >= 4 is 34.8 Å². The SMILES string of the molecule is O=C(c1cc(Cl)c(Cl)c([N+](=O)[O-])c1)N1CCCCCC1. The minimum atomic E-state index is -0.632. The zero-order chi connectivity index (χ0) is 14.7. The normalized spacial score (nSPS) is 15.8. The third kappa shape index (κ3) is 3.22. The lowest BCUT2D eigenvalue weighted by atomic mass is 10.1. The van der Waals surface area contributed by atoms with Crippen molar-refractivity contribution in [2.45, 2.75) is 25.7 Å². The maximum atomic E-state index is 12.4. The molecule has 0 radical (unpaired) electrons. The second kappa shape index (κ2) is 6.41. The third-order valence-corrected chi connectivity index (χ3v) is 4.14. The van der Waals surface area contributed by atoms with Gasteiger partial charge in [-0.05, 0) is 18.9 Å². The molecule has 0 unspecified atom stereocenters. The Morgan fingerprint density at radius 3 is 2.30 bits per heavy atom. The molecule has 1 aromatic carbocycles. The summed E-state index contributed by atoms with van der Waals surface area (Å²) in [5.74, 6) is -0.228. The Bertz CT molecular complexity index is 541. The highest BCUT2D eigenvalue weighted by Crippen LogP contribution is 2.33. The number of carbonyl (C=O) groups excluding carboxylic acids is 1. The van der Waals surface area contributed by atoms with E-state index in [2.05, 4.69) is 0 Å². The minimum Gasteiger partial charge on any atom is -0.339 e. The molecule has 2 rings (SSSR count). The highest BCUT2D eigenvalue weighted by molar-refractivity contribution is 6.43. The van der Waals surface area contributed by atoms with E-state index in [4.69, 9.17) is 23.2 Å². The first-order chi connectivity index (χ1) is 9.50. The van der Waals surface area contributed by atoms with Crippen LogP contribution in [0.2, 0.25) is 10.0 Å². The van der Waals surface area contributed by atoms with Gasteiger partial charge in [-0.2, -0.15) is 0 Å². The topological polar surface area (TPSA) is 63.4 Å². The van der Waals surface area contributed by atoms with Gasteiger partial charge in [-0.3, -0.25) is 14.9 Å². The molecule has 0 saturated carbocycles. The molecular weight excluding hydrogens is 303 g/mol. The molecule has 0 spiro atoms. The lowest BCUT2D eigenvalue weighted by Crippen LogP contribution is -2.31. The van der Waals surface area contributed by atoms with E-state index in [1.807, 2.05) is 0 Å². The molecule has 20 heavy (non-hydrogen) atoms. The molecule has 0 N–H and O–H groups in total. The predicted molar refractivity (Wildman–Crippen MR) is 77.5 cm³/mol. The van der Waals surface area contributed by atoms with E-state index in [0.717, 1.165) is 25.7 Å². The lowest BCUT2D eigenvalue weighted by Gasteiger charge is -2.20. The van der Waals surface area contributed by atoms with Crippen molar-refractivity contribution in [3.05, 3.63) is 37.9 Å². The van der Waals surface area contributed by atoms with Crippen LogP contribution >= 0.6 is 23.2 Å². The van der Waals surface area contributed by atoms with Gasteiger partial charge in [0.05, 0.1) is 9.95 Å². The van der Waals surface area contributed by atoms with Crippen molar-refractivity contribution < 1.29 is 9.72 Å². The number of rotatable bonds is 2. The van der Waals surface area contributed by atoms with Crippen LogP contribution in [0.3, 0.4) is 0 Å². The smallest absolute Gasteiger partial charge is 0.290 e. The van der Waals surface area contributed by atoms with E-state index in [1.165, 1.54) is 12.1 Å². The molecule has 1 fully saturated rings. The highest BCUT2D eigenvalue weighted by atomic mass is 35.5. The summed E-state index contributed by atoms with van der Waals surface area (Å²) in [6.45, 7) is 1.35. The molecular formula is C13H14Cl2N2O3. The fraction of sp³-hybridized carbons (Fsp3) is 0.462. The summed E-state index contributed by atoms with van der Waals surface area (Å²) in [6, 6.07) is 2.59. The summed E-state index contributed by atoms with van der Waals surface area (Å²) in [5, 5.41) is 10.8. The number of nitrogens with zero attached hydrogens (tertiary/aromatic N) is 2. The number of nitro groups is 1. The van der Waals surface area contributed by atoms with Crippen LogP contribution in [0.15, 0.2) is 12.1 Å². The fourth-order valence-electron chi connectivity index (χ4n) is 2.29. The molecule has 1 saturated heterocycles. The van der Waals surface area contributed by atoms with Gasteiger partial charge in [-0.25, -0.2) is 0 Å². The lowest BCUT2D eigenvalue weighted by molar-refractivity contribution is -0.384. The first-order valence-corrected chi connectivity index (χ1v) is 7.19. The van der Waals surface area contributed by atoms with Crippen LogP contribution < -0.4 is 0 Å². The fourth-order valence-corrected chi connectivity index (χ4v) is 2.68. The van der Waals surface area contributed by atoms with Crippen LogP contribution in [-0.4, -0.2) is 28.8 Å². The molecule has 0 bridgehead atoms. The number of hydrogen-bond acceptors (Lipinski definition) is 3. The van der Waals surface area contributed by atoms with Gasteiger partial charge >= 0.3 is 0 Å². The molecule has 1 aliphatic rings. The van der Waals surface area contributed by atoms with Gasteiger partial charge in [0.1, 0.15) is 5.02 Å². The van der Waals surface area contributed by atoms with Crippen LogP contribution in [0.5, 0.6) is 0 Å². The van der Waals surface area contributed by atoms with E-state index in [0.29, 0.717) is 13.1 Å². The predicted octanol–water partition coefficient (Wildman–Crippen LogP) is 3.92. The highest BCUT2D eigenvalue weighted by Gasteiger charge is 2.23. The summed E-state index contributed by atoms with van der Waals surface area (Å²) >= 11 is 11.6. The number of benzene rings is 1. The quantitative estimate of drug-likeness (QED) is 0.613. The Hall–Kier alpha value is -1.33. The largest absolute Gasteiger partial charge is 0.339 e. The summed E-state index contributed by atoms with van der Waals surface area (Å²) in [5.41, 5.74) is -0.120. The maximum absolute atomic E-state index is 12.4. The third-order valence-electron chi connectivity index (χ3n) is 3.35. The van der Waals surface area contributed by atoms with E-state index in [9.17, 15) is 14.9 Å². The number of amides is 1. The standard InChI is InChI=1S/C13H14Cl2N2O3/c14-10-7-9(8-11(12(10)15)17(19)20)13(18)16-5-3-1-2-4-6-16/h7-8H,1-6H2. The number of carbonyl (C=O) groups is 1. The molecule has 7 heteroatoms. The Labute approximate surface area is 126 Å². The average molecular weight is 317 g/mol. The van der Waals surface area contributed by atoms with Crippen molar-refractivity contribution in [3.63, 3.8) is 0 Å². The summed E-state index contributed by atoms with van der Waals surface area (Å²) in [7, 11) is 0.